The number of hydrogen-bond donors (Lipinski definition) is 2. The van der Waals surface area contributed by atoms with E-state index in [9.17, 15) is 9.59 Å². The fourth-order valence-electron chi connectivity index (χ4n) is 1.89. The third-order valence-corrected chi connectivity index (χ3v) is 3.51. The van der Waals surface area contributed by atoms with Crippen LogP contribution in [-0.2, 0) is 9.59 Å². The number of amides is 1. The number of aliphatic carboxylic acids is 1. The molecule has 0 bridgehead atoms. The van der Waals surface area contributed by atoms with Crippen molar-refractivity contribution in [2.45, 2.75) is 52.0 Å². The Bertz CT molecular complexity index is 253. The summed E-state index contributed by atoms with van der Waals surface area (Å²) in [5.74, 6) is -0.351. The van der Waals surface area contributed by atoms with Crippen LogP contribution in [0.5, 0.6) is 0 Å². The Hall–Kier alpha value is -0.710. The zero-order valence-corrected chi connectivity index (χ0v) is 12.4. The Balaban J connectivity index is 4.39. The summed E-state index contributed by atoms with van der Waals surface area (Å²) in [5, 5.41) is 11.7. The van der Waals surface area contributed by atoms with Gasteiger partial charge >= 0.3 is 5.97 Å². The van der Waals surface area contributed by atoms with Gasteiger partial charge in [-0.3, -0.25) is 4.79 Å². The zero-order chi connectivity index (χ0) is 14.0. The molecule has 0 heterocycles. The summed E-state index contributed by atoms with van der Waals surface area (Å²) in [5.41, 5.74) is 0. The molecule has 106 valence electrons. The van der Waals surface area contributed by atoms with Crippen molar-refractivity contribution >= 4 is 23.6 Å². The molecule has 0 rings (SSSR count). The second-order valence-electron chi connectivity index (χ2n) is 4.46. The van der Waals surface area contributed by atoms with Crippen molar-refractivity contribution in [3.8, 4) is 0 Å². The smallest absolute Gasteiger partial charge is 0.326 e. The number of nitrogens with one attached hydrogen (secondary N) is 1. The van der Waals surface area contributed by atoms with Crippen LogP contribution in [0.15, 0.2) is 0 Å². The van der Waals surface area contributed by atoms with Gasteiger partial charge in [0.05, 0.1) is 0 Å². The van der Waals surface area contributed by atoms with Crippen molar-refractivity contribution in [2.75, 3.05) is 12.0 Å². The van der Waals surface area contributed by atoms with E-state index in [4.69, 9.17) is 5.11 Å². The third-order valence-electron chi connectivity index (χ3n) is 2.87. The topological polar surface area (TPSA) is 66.4 Å². The normalized spacial score (nSPS) is 12.4. The summed E-state index contributed by atoms with van der Waals surface area (Å²) in [6, 6.07) is -0.749. The van der Waals surface area contributed by atoms with Gasteiger partial charge < -0.3 is 10.4 Å². The Kier molecular flexibility index (Phi) is 9.83. The lowest BCUT2D eigenvalue weighted by atomic mass is 9.97. The molecule has 4 nitrogen and oxygen atoms in total. The summed E-state index contributed by atoms with van der Waals surface area (Å²) in [7, 11) is 0. The molecular formula is C13H25NO3S. The minimum Gasteiger partial charge on any atom is -0.480 e. The number of carboxylic acid groups (broad SMARTS) is 1. The molecule has 0 aromatic carbocycles. The van der Waals surface area contributed by atoms with Gasteiger partial charge in [0.25, 0.3) is 0 Å². The molecule has 2 N–H and O–H groups in total. The lowest BCUT2D eigenvalue weighted by Crippen LogP contribution is -2.44. The first-order valence-corrected chi connectivity index (χ1v) is 7.98. The van der Waals surface area contributed by atoms with E-state index in [2.05, 4.69) is 5.32 Å². The number of thioether (sulfide) groups is 1. The van der Waals surface area contributed by atoms with E-state index in [0.717, 1.165) is 31.4 Å². The van der Waals surface area contributed by atoms with E-state index >= 15 is 0 Å². The number of carbonyl (C=O) groups is 2. The van der Waals surface area contributed by atoms with Crippen LogP contribution in [0.25, 0.3) is 0 Å². The van der Waals surface area contributed by atoms with Gasteiger partial charge in [-0.2, -0.15) is 11.8 Å². The molecule has 0 aromatic heterocycles. The first-order chi connectivity index (χ1) is 8.56. The summed E-state index contributed by atoms with van der Waals surface area (Å²) >= 11 is 1.59. The molecule has 0 saturated heterocycles. The van der Waals surface area contributed by atoms with Gasteiger partial charge in [-0.15, -0.1) is 0 Å². The highest BCUT2D eigenvalue weighted by atomic mass is 32.2. The minimum atomic E-state index is -0.941. The lowest BCUT2D eigenvalue weighted by Gasteiger charge is -2.19. The van der Waals surface area contributed by atoms with Crippen LogP contribution >= 0.6 is 11.8 Å². The SMILES string of the molecule is CCCC(CCC)C(=O)NC(CCSC)C(=O)O. The van der Waals surface area contributed by atoms with Crippen molar-refractivity contribution in [3.63, 3.8) is 0 Å². The van der Waals surface area contributed by atoms with Crippen molar-refractivity contribution in [1.82, 2.24) is 5.32 Å². The van der Waals surface area contributed by atoms with Crippen LogP contribution in [-0.4, -0.2) is 35.0 Å². The molecule has 1 amide bonds. The first-order valence-electron chi connectivity index (χ1n) is 6.58. The molecule has 1 atom stereocenters. The maximum absolute atomic E-state index is 12.0. The molecule has 1 unspecified atom stereocenters. The average Bonchev–Trinajstić information content (AvgIpc) is 2.33. The fraction of sp³-hybridized carbons (Fsp3) is 0.846. The minimum absolute atomic E-state index is 0.0453. The number of rotatable bonds is 10. The molecule has 0 aliphatic carbocycles. The molecular weight excluding hydrogens is 250 g/mol. The third kappa shape index (κ3) is 6.89. The van der Waals surface area contributed by atoms with Crippen LogP contribution in [0.1, 0.15) is 46.0 Å². The van der Waals surface area contributed by atoms with Gasteiger partial charge in [0, 0.05) is 5.92 Å². The first kappa shape index (κ1) is 17.3. The molecule has 0 aromatic rings. The van der Waals surface area contributed by atoms with Crippen molar-refractivity contribution in [3.05, 3.63) is 0 Å². The van der Waals surface area contributed by atoms with E-state index < -0.39 is 12.0 Å². The second kappa shape index (κ2) is 10.2. The molecule has 0 aliphatic rings. The molecule has 0 spiro atoms. The van der Waals surface area contributed by atoms with Gasteiger partial charge in [0.1, 0.15) is 6.04 Å². The van der Waals surface area contributed by atoms with Gasteiger partial charge in [0.15, 0.2) is 0 Å². The molecule has 18 heavy (non-hydrogen) atoms. The van der Waals surface area contributed by atoms with E-state index in [1.165, 1.54) is 0 Å². The van der Waals surface area contributed by atoms with Gasteiger partial charge in [-0.05, 0) is 31.3 Å². The van der Waals surface area contributed by atoms with Gasteiger partial charge in [-0.25, -0.2) is 4.79 Å². The average molecular weight is 275 g/mol. The van der Waals surface area contributed by atoms with Crippen LogP contribution in [0.2, 0.25) is 0 Å². The van der Waals surface area contributed by atoms with E-state index in [-0.39, 0.29) is 11.8 Å². The van der Waals surface area contributed by atoms with Gasteiger partial charge in [0.2, 0.25) is 5.91 Å². The van der Waals surface area contributed by atoms with Crippen LogP contribution < -0.4 is 5.32 Å². The highest BCUT2D eigenvalue weighted by molar-refractivity contribution is 7.98. The summed E-state index contributed by atoms with van der Waals surface area (Å²) in [6.07, 6.45) is 5.95. The van der Waals surface area contributed by atoms with Gasteiger partial charge in [-0.1, -0.05) is 26.7 Å². The molecule has 0 fully saturated rings. The monoisotopic (exact) mass is 275 g/mol. The molecule has 0 radical (unpaired) electrons. The largest absolute Gasteiger partial charge is 0.480 e. The van der Waals surface area contributed by atoms with Crippen molar-refractivity contribution < 1.29 is 14.7 Å². The maximum Gasteiger partial charge on any atom is 0.326 e. The highest BCUT2D eigenvalue weighted by Gasteiger charge is 2.23. The Morgan fingerprint density at radius 2 is 1.72 bits per heavy atom. The Labute approximate surface area is 114 Å². The Morgan fingerprint density at radius 1 is 1.17 bits per heavy atom. The van der Waals surface area contributed by atoms with Crippen molar-refractivity contribution in [1.29, 1.82) is 0 Å². The predicted octanol–water partition coefficient (Wildman–Crippen LogP) is 2.53. The highest BCUT2D eigenvalue weighted by Crippen LogP contribution is 2.14. The van der Waals surface area contributed by atoms with Crippen LogP contribution in [0, 0.1) is 5.92 Å². The zero-order valence-electron chi connectivity index (χ0n) is 11.6. The van der Waals surface area contributed by atoms with Crippen molar-refractivity contribution in [2.24, 2.45) is 5.92 Å². The molecule has 0 aliphatic heterocycles. The van der Waals surface area contributed by atoms with Crippen LogP contribution in [0.3, 0.4) is 0 Å². The standard InChI is InChI=1S/C13H25NO3S/c1-4-6-10(7-5-2)12(15)14-11(13(16)17)8-9-18-3/h10-11H,4-9H2,1-3H3,(H,14,15)(H,16,17). The number of carboxylic acids is 1. The summed E-state index contributed by atoms with van der Waals surface area (Å²) < 4.78 is 0. The van der Waals surface area contributed by atoms with E-state index in [1.807, 2.05) is 20.1 Å². The quantitative estimate of drug-likeness (QED) is 0.643. The van der Waals surface area contributed by atoms with E-state index in [0.29, 0.717) is 6.42 Å². The second-order valence-corrected chi connectivity index (χ2v) is 5.44. The lowest BCUT2D eigenvalue weighted by molar-refractivity contribution is -0.142. The Morgan fingerprint density at radius 3 is 2.11 bits per heavy atom. The molecule has 0 saturated carbocycles. The van der Waals surface area contributed by atoms with E-state index in [1.54, 1.807) is 11.8 Å². The maximum atomic E-state index is 12.0. The summed E-state index contributed by atoms with van der Waals surface area (Å²) in [4.78, 5) is 23.1. The van der Waals surface area contributed by atoms with Crippen LogP contribution in [0.4, 0.5) is 0 Å². The summed E-state index contributed by atoms with van der Waals surface area (Å²) in [6.45, 7) is 4.08. The number of carbonyl (C=O) groups excluding carboxylic acids is 1. The molecule has 5 heteroatoms. The fourth-order valence-corrected chi connectivity index (χ4v) is 2.36. The predicted molar refractivity (Wildman–Crippen MR) is 75.9 cm³/mol. The number of hydrogen-bond acceptors (Lipinski definition) is 3.